The number of hydrogen-bond acceptors (Lipinski definition) is 7. The molecule has 9 heteroatoms. The predicted octanol–water partition coefficient (Wildman–Crippen LogP) is 3.94. The summed E-state index contributed by atoms with van der Waals surface area (Å²) >= 11 is 7.50. The number of methoxy groups -OCH3 is 1. The number of hydrogen-bond donors (Lipinski definition) is 1. The van der Waals surface area contributed by atoms with E-state index in [-0.39, 0.29) is 30.5 Å². The van der Waals surface area contributed by atoms with Crippen LogP contribution < -0.4 is 14.8 Å². The highest BCUT2D eigenvalue weighted by molar-refractivity contribution is 7.98. The SMILES string of the molecule is C=CN=C(C=C)CNC(=O)c1cnc(SC)nc1OCc1ccc(OC)c(Cl)c1. The molecule has 152 valence electrons. The zero-order valence-electron chi connectivity index (χ0n) is 16.1. The molecule has 2 rings (SSSR count). The molecule has 0 fully saturated rings. The second kappa shape index (κ2) is 11.2. The maximum Gasteiger partial charge on any atom is 0.258 e. The van der Waals surface area contributed by atoms with E-state index >= 15 is 0 Å². The average molecular weight is 433 g/mol. The molecule has 0 unspecified atom stereocenters. The first-order chi connectivity index (χ1) is 14.0. The lowest BCUT2D eigenvalue weighted by Gasteiger charge is -2.12. The van der Waals surface area contributed by atoms with Gasteiger partial charge in [0.25, 0.3) is 5.91 Å². The lowest BCUT2D eigenvalue weighted by Crippen LogP contribution is -2.29. The van der Waals surface area contributed by atoms with Crippen molar-refractivity contribution in [1.29, 1.82) is 0 Å². The summed E-state index contributed by atoms with van der Waals surface area (Å²) < 4.78 is 10.9. The number of nitrogens with zero attached hydrogens (tertiary/aromatic N) is 3. The molecular formula is C20H21ClN4O3S. The molecule has 0 aliphatic heterocycles. The van der Waals surface area contributed by atoms with Crippen LogP contribution in [0.4, 0.5) is 0 Å². The third-order valence-electron chi connectivity index (χ3n) is 3.67. The van der Waals surface area contributed by atoms with Crippen molar-refractivity contribution in [2.24, 2.45) is 4.99 Å². The first-order valence-corrected chi connectivity index (χ1v) is 10.1. The average Bonchev–Trinajstić information content (AvgIpc) is 2.74. The second-order valence-corrected chi connectivity index (χ2v) is 6.70. The van der Waals surface area contributed by atoms with Gasteiger partial charge in [-0.3, -0.25) is 9.79 Å². The van der Waals surface area contributed by atoms with Crippen LogP contribution in [0.3, 0.4) is 0 Å². The van der Waals surface area contributed by atoms with Gasteiger partial charge >= 0.3 is 0 Å². The molecule has 1 amide bonds. The van der Waals surface area contributed by atoms with E-state index in [4.69, 9.17) is 21.1 Å². The third kappa shape index (κ3) is 6.33. The van der Waals surface area contributed by atoms with Crippen molar-refractivity contribution < 1.29 is 14.3 Å². The summed E-state index contributed by atoms with van der Waals surface area (Å²) in [5.41, 5.74) is 1.59. The minimum atomic E-state index is -0.390. The van der Waals surface area contributed by atoms with Gasteiger partial charge in [-0.15, -0.1) is 0 Å². The van der Waals surface area contributed by atoms with Gasteiger partial charge < -0.3 is 14.8 Å². The van der Waals surface area contributed by atoms with Crippen molar-refractivity contribution >= 4 is 35.0 Å². The maximum atomic E-state index is 12.6. The molecule has 1 N–H and O–H groups in total. The van der Waals surface area contributed by atoms with Crippen molar-refractivity contribution in [2.75, 3.05) is 19.9 Å². The molecule has 0 radical (unpaired) electrons. The zero-order chi connectivity index (χ0) is 21.2. The highest BCUT2D eigenvalue weighted by Gasteiger charge is 2.17. The fraction of sp³-hybridized carbons (Fsp3) is 0.200. The van der Waals surface area contributed by atoms with Crippen LogP contribution in [0.1, 0.15) is 15.9 Å². The number of carbonyl (C=O) groups excluding carboxylic acids is 1. The van der Waals surface area contributed by atoms with Gasteiger partial charge in [0, 0.05) is 12.4 Å². The van der Waals surface area contributed by atoms with Crippen LogP contribution in [-0.2, 0) is 6.61 Å². The highest BCUT2D eigenvalue weighted by Crippen LogP contribution is 2.26. The smallest absolute Gasteiger partial charge is 0.258 e. The van der Waals surface area contributed by atoms with Crippen LogP contribution in [0.2, 0.25) is 5.02 Å². The van der Waals surface area contributed by atoms with Crippen molar-refractivity contribution in [3.8, 4) is 11.6 Å². The molecule has 29 heavy (non-hydrogen) atoms. The van der Waals surface area contributed by atoms with Crippen molar-refractivity contribution in [3.63, 3.8) is 0 Å². The van der Waals surface area contributed by atoms with E-state index in [1.54, 1.807) is 25.3 Å². The first kappa shape index (κ1) is 22.4. The summed E-state index contributed by atoms with van der Waals surface area (Å²) in [6, 6.07) is 5.31. The van der Waals surface area contributed by atoms with Gasteiger partial charge in [0.2, 0.25) is 5.88 Å². The number of benzene rings is 1. The summed E-state index contributed by atoms with van der Waals surface area (Å²) in [5, 5.41) is 3.70. The minimum Gasteiger partial charge on any atom is -0.495 e. The van der Waals surface area contributed by atoms with E-state index in [0.717, 1.165) is 5.56 Å². The van der Waals surface area contributed by atoms with E-state index in [0.29, 0.717) is 21.6 Å². The molecule has 1 aromatic heterocycles. The fourth-order valence-corrected chi connectivity index (χ4v) is 2.83. The van der Waals surface area contributed by atoms with Gasteiger partial charge in [0.05, 0.1) is 24.4 Å². The van der Waals surface area contributed by atoms with Crippen LogP contribution in [0.15, 0.2) is 60.0 Å². The molecule has 2 aromatic rings. The fourth-order valence-electron chi connectivity index (χ4n) is 2.22. The number of thioether (sulfide) groups is 1. The molecule has 0 atom stereocenters. The Hall–Kier alpha value is -2.84. The van der Waals surface area contributed by atoms with Gasteiger partial charge in [-0.2, -0.15) is 4.98 Å². The molecule has 1 aromatic carbocycles. The predicted molar refractivity (Wildman–Crippen MR) is 116 cm³/mol. The van der Waals surface area contributed by atoms with Gasteiger partial charge in [0.1, 0.15) is 17.9 Å². The minimum absolute atomic E-state index is 0.171. The number of carbonyl (C=O) groups is 1. The Morgan fingerprint density at radius 3 is 2.83 bits per heavy atom. The quantitative estimate of drug-likeness (QED) is 0.347. The highest BCUT2D eigenvalue weighted by atomic mass is 35.5. The van der Waals surface area contributed by atoms with E-state index in [1.165, 1.54) is 24.2 Å². The lowest BCUT2D eigenvalue weighted by molar-refractivity contribution is 0.0953. The number of aromatic nitrogens is 2. The molecule has 0 saturated heterocycles. The summed E-state index contributed by atoms with van der Waals surface area (Å²) in [5.74, 6) is 0.357. The number of halogens is 1. The van der Waals surface area contributed by atoms with E-state index in [2.05, 4.69) is 33.4 Å². The number of nitrogens with one attached hydrogen (secondary N) is 1. The lowest BCUT2D eigenvalue weighted by atomic mass is 10.2. The molecule has 0 saturated carbocycles. The molecule has 0 aliphatic carbocycles. The summed E-state index contributed by atoms with van der Waals surface area (Å²) in [6.45, 7) is 7.54. The van der Waals surface area contributed by atoms with Gasteiger partial charge in [0.15, 0.2) is 5.16 Å². The largest absolute Gasteiger partial charge is 0.495 e. The number of rotatable bonds is 10. The van der Waals surface area contributed by atoms with E-state index in [9.17, 15) is 4.79 Å². The van der Waals surface area contributed by atoms with Gasteiger partial charge in [-0.1, -0.05) is 42.6 Å². The van der Waals surface area contributed by atoms with E-state index in [1.807, 2.05) is 12.3 Å². The number of ether oxygens (including phenoxy) is 2. The van der Waals surface area contributed by atoms with Crippen molar-refractivity contribution in [1.82, 2.24) is 15.3 Å². The zero-order valence-corrected chi connectivity index (χ0v) is 17.7. The standard InChI is InChI=1S/C20H21ClN4O3S/c1-5-14(22-6-2)10-23-18(26)15-11-24-20(29-4)25-19(15)28-12-13-7-8-17(27-3)16(21)9-13/h5-9,11H,1-2,10,12H2,3-4H3,(H,23,26). The Bertz CT molecular complexity index is 934. The van der Waals surface area contributed by atoms with Crippen LogP contribution >= 0.6 is 23.4 Å². The monoisotopic (exact) mass is 432 g/mol. The molecule has 0 spiro atoms. The number of amides is 1. The Morgan fingerprint density at radius 1 is 1.41 bits per heavy atom. The molecule has 0 bridgehead atoms. The third-order valence-corrected chi connectivity index (χ3v) is 4.53. The normalized spacial score (nSPS) is 10.9. The summed E-state index contributed by atoms with van der Waals surface area (Å²) in [6.07, 6.45) is 6.20. The molecule has 1 heterocycles. The first-order valence-electron chi connectivity index (χ1n) is 8.46. The van der Waals surface area contributed by atoms with E-state index < -0.39 is 0 Å². The Morgan fingerprint density at radius 2 is 2.21 bits per heavy atom. The Kier molecular flexibility index (Phi) is 8.69. The maximum absolute atomic E-state index is 12.6. The van der Waals surface area contributed by atoms with Crippen LogP contribution in [0, 0.1) is 0 Å². The summed E-state index contributed by atoms with van der Waals surface area (Å²) in [7, 11) is 1.55. The number of aliphatic imine (C=N–C) groups is 1. The van der Waals surface area contributed by atoms with Crippen LogP contribution in [0.25, 0.3) is 0 Å². The second-order valence-electron chi connectivity index (χ2n) is 5.52. The van der Waals surface area contributed by atoms with Crippen molar-refractivity contribution in [3.05, 3.63) is 66.0 Å². The molecule has 7 nitrogen and oxygen atoms in total. The van der Waals surface area contributed by atoms with Crippen LogP contribution in [0.5, 0.6) is 11.6 Å². The molecule has 0 aliphatic rings. The van der Waals surface area contributed by atoms with Gasteiger partial charge in [-0.25, -0.2) is 4.98 Å². The summed E-state index contributed by atoms with van der Waals surface area (Å²) in [4.78, 5) is 25.1. The Balaban J connectivity index is 2.18. The van der Waals surface area contributed by atoms with Gasteiger partial charge in [-0.05, 0) is 30.0 Å². The topological polar surface area (TPSA) is 85.7 Å². The molecular weight excluding hydrogens is 412 g/mol. The van der Waals surface area contributed by atoms with Crippen molar-refractivity contribution in [2.45, 2.75) is 11.8 Å². The van der Waals surface area contributed by atoms with Crippen LogP contribution in [-0.4, -0.2) is 41.5 Å². The Labute approximate surface area is 178 Å².